The first-order valence-electron chi connectivity index (χ1n) is 7.67. The average molecular weight is 270 g/mol. The molecule has 3 heteroatoms. The predicted octanol–water partition coefficient (Wildman–Crippen LogP) is 3.96. The summed E-state index contributed by atoms with van der Waals surface area (Å²) >= 11 is 0. The van der Waals surface area contributed by atoms with Crippen LogP contribution in [-0.4, -0.2) is 28.4 Å². The molecule has 3 rings (SSSR count). The zero-order valence-electron chi connectivity index (χ0n) is 12.1. The lowest BCUT2D eigenvalue weighted by Gasteiger charge is -2.36. The van der Waals surface area contributed by atoms with Crippen molar-refractivity contribution in [3.8, 4) is 0 Å². The van der Waals surface area contributed by atoms with Crippen molar-refractivity contribution in [1.29, 1.82) is 0 Å². The van der Waals surface area contributed by atoms with Crippen LogP contribution in [0.1, 0.15) is 49.4 Å². The molecule has 1 atom stereocenters. The molecule has 1 saturated heterocycles. The van der Waals surface area contributed by atoms with Crippen molar-refractivity contribution in [2.75, 3.05) is 6.54 Å². The van der Waals surface area contributed by atoms with Gasteiger partial charge in [0.05, 0.1) is 0 Å². The van der Waals surface area contributed by atoms with Crippen molar-refractivity contribution in [2.24, 2.45) is 0 Å². The highest BCUT2D eigenvalue weighted by atomic mass is 16.2. The Bertz CT molecular complexity index is 600. The number of H-pyrrole nitrogens is 1. The highest BCUT2D eigenvalue weighted by molar-refractivity contribution is 5.98. The van der Waals surface area contributed by atoms with E-state index in [1.165, 1.54) is 6.42 Å². The first-order valence-corrected chi connectivity index (χ1v) is 7.67. The van der Waals surface area contributed by atoms with Crippen LogP contribution in [0, 0.1) is 0 Å². The number of hydrogen-bond donors (Lipinski definition) is 1. The van der Waals surface area contributed by atoms with E-state index in [2.05, 4.69) is 16.8 Å². The maximum atomic E-state index is 12.8. The molecule has 1 unspecified atom stereocenters. The summed E-state index contributed by atoms with van der Waals surface area (Å²) in [7, 11) is 0. The molecule has 0 spiro atoms. The van der Waals surface area contributed by atoms with Crippen molar-refractivity contribution < 1.29 is 4.79 Å². The molecule has 1 N–H and O–H groups in total. The fourth-order valence-electron chi connectivity index (χ4n) is 3.25. The van der Waals surface area contributed by atoms with Crippen molar-refractivity contribution in [3.05, 3.63) is 36.0 Å². The highest BCUT2D eigenvalue weighted by Gasteiger charge is 2.26. The van der Waals surface area contributed by atoms with E-state index in [9.17, 15) is 4.79 Å². The van der Waals surface area contributed by atoms with E-state index in [0.29, 0.717) is 6.04 Å². The van der Waals surface area contributed by atoms with E-state index in [1.54, 1.807) is 0 Å². The van der Waals surface area contributed by atoms with Crippen LogP contribution in [0.4, 0.5) is 0 Å². The second kappa shape index (κ2) is 5.70. The summed E-state index contributed by atoms with van der Waals surface area (Å²) in [6.07, 6.45) is 7.73. The Morgan fingerprint density at radius 1 is 1.35 bits per heavy atom. The van der Waals surface area contributed by atoms with Crippen molar-refractivity contribution in [1.82, 2.24) is 9.88 Å². The molecular weight excluding hydrogens is 248 g/mol. The maximum absolute atomic E-state index is 12.8. The molecule has 1 fully saturated rings. The topological polar surface area (TPSA) is 36.1 Å². The van der Waals surface area contributed by atoms with Gasteiger partial charge in [0.2, 0.25) is 0 Å². The summed E-state index contributed by atoms with van der Waals surface area (Å²) in [6, 6.07) is 8.42. The van der Waals surface area contributed by atoms with Crippen LogP contribution in [-0.2, 0) is 0 Å². The lowest BCUT2D eigenvalue weighted by Crippen LogP contribution is -2.43. The van der Waals surface area contributed by atoms with Gasteiger partial charge >= 0.3 is 0 Å². The minimum absolute atomic E-state index is 0.194. The minimum Gasteiger partial charge on any atom is -0.361 e. The number of amides is 1. The second-order valence-corrected chi connectivity index (χ2v) is 5.72. The van der Waals surface area contributed by atoms with Gasteiger partial charge in [0.1, 0.15) is 0 Å². The van der Waals surface area contributed by atoms with Gasteiger partial charge in [0.15, 0.2) is 0 Å². The Labute approximate surface area is 120 Å². The predicted molar refractivity (Wildman–Crippen MR) is 81.9 cm³/mol. The molecule has 0 bridgehead atoms. The number of nitrogens with zero attached hydrogens (tertiary/aromatic N) is 1. The molecule has 1 aliphatic heterocycles. The van der Waals surface area contributed by atoms with Crippen LogP contribution < -0.4 is 0 Å². The number of piperidine rings is 1. The van der Waals surface area contributed by atoms with Gasteiger partial charge in [0, 0.05) is 29.9 Å². The SMILES string of the molecule is CCCC1CCCCN1C(=O)c1ccc2cc[nH]c2c1. The second-order valence-electron chi connectivity index (χ2n) is 5.72. The Morgan fingerprint density at radius 3 is 3.10 bits per heavy atom. The third-order valence-corrected chi connectivity index (χ3v) is 4.31. The molecule has 0 radical (unpaired) electrons. The van der Waals surface area contributed by atoms with Gasteiger partial charge in [0.25, 0.3) is 5.91 Å². The van der Waals surface area contributed by atoms with Crippen LogP contribution in [0.15, 0.2) is 30.5 Å². The normalized spacial score (nSPS) is 19.4. The van der Waals surface area contributed by atoms with Crippen LogP contribution in [0.2, 0.25) is 0 Å². The number of aromatic nitrogens is 1. The minimum atomic E-state index is 0.194. The summed E-state index contributed by atoms with van der Waals surface area (Å²) in [5.74, 6) is 0.194. The number of carbonyl (C=O) groups excluding carboxylic acids is 1. The molecule has 1 aromatic carbocycles. The van der Waals surface area contributed by atoms with Crippen molar-refractivity contribution >= 4 is 16.8 Å². The number of aromatic amines is 1. The molecule has 2 aromatic rings. The number of rotatable bonds is 3. The van der Waals surface area contributed by atoms with E-state index in [0.717, 1.165) is 48.7 Å². The van der Waals surface area contributed by atoms with Crippen LogP contribution >= 0.6 is 0 Å². The summed E-state index contributed by atoms with van der Waals surface area (Å²) < 4.78 is 0. The number of hydrogen-bond acceptors (Lipinski definition) is 1. The summed E-state index contributed by atoms with van der Waals surface area (Å²) in [4.78, 5) is 18.0. The van der Waals surface area contributed by atoms with Crippen LogP contribution in [0.5, 0.6) is 0 Å². The van der Waals surface area contributed by atoms with Gasteiger partial charge < -0.3 is 9.88 Å². The average Bonchev–Trinajstić information content (AvgIpc) is 2.95. The van der Waals surface area contributed by atoms with Crippen LogP contribution in [0.3, 0.4) is 0 Å². The van der Waals surface area contributed by atoms with Gasteiger partial charge in [-0.15, -0.1) is 0 Å². The van der Waals surface area contributed by atoms with E-state index >= 15 is 0 Å². The lowest BCUT2D eigenvalue weighted by molar-refractivity contribution is 0.0601. The van der Waals surface area contributed by atoms with E-state index < -0.39 is 0 Å². The Hall–Kier alpha value is -1.77. The molecule has 106 valence electrons. The molecule has 0 saturated carbocycles. The molecule has 2 heterocycles. The summed E-state index contributed by atoms with van der Waals surface area (Å²) in [5, 5.41) is 1.16. The molecule has 20 heavy (non-hydrogen) atoms. The van der Waals surface area contributed by atoms with E-state index in [4.69, 9.17) is 0 Å². The molecule has 1 aromatic heterocycles. The Morgan fingerprint density at radius 2 is 2.25 bits per heavy atom. The Balaban J connectivity index is 1.85. The molecule has 3 nitrogen and oxygen atoms in total. The van der Waals surface area contributed by atoms with Gasteiger partial charge in [-0.2, -0.15) is 0 Å². The first-order chi connectivity index (χ1) is 9.79. The number of nitrogens with one attached hydrogen (secondary N) is 1. The number of carbonyl (C=O) groups is 1. The van der Waals surface area contributed by atoms with Crippen molar-refractivity contribution in [2.45, 2.75) is 45.1 Å². The third kappa shape index (κ3) is 2.45. The molecular formula is C17H22N2O. The monoisotopic (exact) mass is 270 g/mol. The number of benzene rings is 1. The van der Waals surface area contributed by atoms with E-state index in [1.807, 2.05) is 30.5 Å². The molecule has 1 aliphatic rings. The first kappa shape index (κ1) is 13.2. The zero-order valence-corrected chi connectivity index (χ0v) is 12.1. The lowest BCUT2D eigenvalue weighted by atomic mass is 9.97. The standard InChI is InChI=1S/C17H22N2O/c1-2-5-15-6-3-4-11-19(15)17(20)14-8-7-13-9-10-18-16(13)12-14/h7-10,12,15,18H,2-6,11H2,1H3. The van der Waals surface area contributed by atoms with E-state index in [-0.39, 0.29) is 5.91 Å². The number of likely N-dealkylation sites (tertiary alicyclic amines) is 1. The molecule has 1 amide bonds. The molecule has 0 aliphatic carbocycles. The quantitative estimate of drug-likeness (QED) is 0.900. The third-order valence-electron chi connectivity index (χ3n) is 4.31. The fraction of sp³-hybridized carbons (Fsp3) is 0.471. The van der Waals surface area contributed by atoms with Gasteiger partial charge in [-0.3, -0.25) is 4.79 Å². The summed E-state index contributed by atoms with van der Waals surface area (Å²) in [6.45, 7) is 3.11. The number of fused-ring (bicyclic) bond motifs is 1. The Kier molecular flexibility index (Phi) is 3.77. The zero-order chi connectivity index (χ0) is 13.9. The summed E-state index contributed by atoms with van der Waals surface area (Å²) in [5.41, 5.74) is 1.85. The highest BCUT2D eigenvalue weighted by Crippen LogP contribution is 2.24. The van der Waals surface area contributed by atoms with Crippen molar-refractivity contribution in [3.63, 3.8) is 0 Å². The van der Waals surface area contributed by atoms with Gasteiger partial charge in [-0.25, -0.2) is 0 Å². The van der Waals surface area contributed by atoms with Crippen LogP contribution in [0.25, 0.3) is 10.9 Å². The van der Waals surface area contributed by atoms with Gasteiger partial charge in [-0.05, 0) is 49.3 Å². The maximum Gasteiger partial charge on any atom is 0.254 e. The largest absolute Gasteiger partial charge is 0.361 e. The fourth-order valence-corrected chi connectivity index (χ4v) is 3.25. The smallest absolute Gasteiger partial charge is 0.254 e. The van der Waals surface area contributed by atoms with Gasteiger partial charge in [-0.1, -0.05) is 19.4 Å².